The molecule has 0 aliphatic carbocycles. The standard InChI is InChI=1S/C24H29N5O3/c1-4-5-10-21(30)20-13-16(14-25-22(15(2)3)24(31)32)11-12-18(20)17-8-6-7-9-19(17)23-26-28-29-27-23/h6-9,11-13,15,22,25H,4-5,10,14H2,1-3H3,(H,31,32)(H,26,27,28,29)/t22-/m0/s1. The molecule has 0 unspecified atom stereocenters. The van der Waals surface area contributed by atoms with E-state index in [0.717, 1.165) is 35.1 Å². The third-order valence-corrected chi connectivity index (χ3v) is 5.42. The predicted molar refractivity (Wildman–Crippen MR) is 122 cm³/mol. The van der Waals surface area contributed by atoms with Crippen LogP contribution < -0.4 is 5.32 Å². The molecule has 0 saturated heterocycles. The molecule has 1 aromatic heterocycles. The van der Waals surface area contributed by atoms with Crippen LogP contribution in [0, 0.1) is 5.92 Å². The summed E-state index contributed by atoms with van der Waals surface area (Å²) in [5.41, 5.74) is 3.95. The van der Waals surface area contributed by atoms with E-state index in [1.54, 1.807) is 0 Å². The lowest BCUT2D eigenvalue weighted by molar-refractivity contribution is -0.140. The average Bonchev–Trinajstić information content (AvgIpc) is 3.32. The maximum Gasteiger partial charge on any atom is 0.320 e. The molecule has 0 radical (unpaired) electrons. The summed E-state index contributed by atoms with van der Waals surface area (Å²) < 4.78 is 0. The maximum atomic E-state index is 13.1. The normalized spacial score (nSPS) is 12.1. The number of carbonyl (C=O) groups is 2. The second-order valence-corrected chi connectivity index (χ2v) is 8.14. The molecule has 32 heavy (non-hydrogen) atoms. The Labute approximate surface area is 187 Å². The number of rotatable bonds is 11. The molecular formula is C24H29N5O3. The highest BCUT2D eigenvalue weighted by Gasteiger charge is 2.22. The zero-order valence-corrected chi connectivity index (χ0v) is 18.6. The molecule has 1 heterocycles. The summed E-state index contributed by atoms with van der Waals surface area (Å²) in [6.07, 6.45) is 2.19. The van der Waals surface area contributed by atoms with Crippen LogP contribution in [-0.4, -0.2) is 43.5 Å². The van der Waals surface area contributed by atoms with Crippen LogP contribution in [0.1, 0.15) is 56.0 Å². The van der Waals surface area contributed by atoms with E-state index >= 15 is 0 Å². The molecule has 0 bridgehead atoms. The highest BCUT2D eigenvalue weighted by molar-refractivity contribution is 6.04. The Hall–Kier alpha value is -3.39. The van der Waals surface area contributed by atoms with Gasteiger partial charge < -0.3 is 10.4 Å². The van der Waals surface area contributed by atoms with E-state index in [0.29, 0.717) is 24.4 Å². The van der Waals surface area contributed by atoms with Gasteiger partial charge in [-0.2, -0.15) is 0 Å². The van der Waals surface area contributed by atoms with Crippen LogP contribution in [0.3, 0.4) is 0 Å². The van der Waals surface area contributed by atoms with E-state index in [-0.39, 0.29) is 11.7 Å². The Kier molecular flexibility index (Phi) is 7.83. The minimum Gasteiger partial charge on any atom is -0.480 e. The van der Waals surface area contributed by atoms with Crippen molar-refractivity contribution in [2.45, 2.75) is 52.6 Å². The zero-order valence-electron chi connectivity index (χ0n) is 18.6. The van der Waals surface area contributed by atoms with E-state index in [1.807, 2.05) is 56.3 Å². The fraction of sp³-hybridized carbons (Fsp3) is 0.375. The summed E-state index contributed by atoms with van der Waals surface area (Å²) in [5, 5.41) is 26.7. The molecule has 0 spiro atoms. The highest BCUT2D eigenvalue weighted by atomic mass is 16.4. The number of aliphatic carboxylic acids is 1. The summed E-state index contributed by atoms with van der Waals surface area (Å²) in [6, 6.07) is 12.7. The molecule has 8 nitrogen and oxygen atoms in total. The van der Waals surface area contributed by atoms with Gasteiger partial charge in [-0.25, -0.2) is 5.10 Å². The van der Waals surface area contributed by atoms with E-state index in [1.165, 1.54) is 0 Å². The fourth-order valence-corrected chi connectivity index (χ4v) is 3.67. The van der Waals surface area contributed by atoms with E-state index in [2.05, 4.69) is 32.9 Å². The number of carboxylic acid groups (broad SMARTS) is 1. The van der Waals surface area contributed by atoms with Gasteiger partial charge in [0.05, 0.1) is 0 Å². The number of nitrogens with one attached hydrogen (secondary N) is 2. The molecular weight excluding hydrogens is 406 g/mol. The lowest BCUT2D eigenvalue weighted by Crippen LogP contribution is -2.40. The van der Waals surface area contributed by atoms with Gasteiger partial charge >= 0.3 is 5.97 Å². The van der Waals surface area contributed by atoms with Crippen molar-refractivity contribution in [1.29, 1.82) is 0 Å². The molecule has 0 fully saturated rings. The number of aromatic nitrogens is 4. The van der Waals surface area contributed by atoms with Crippen molar-refractivity contribution in [1.82, 2.24) is 25.9 Å². The monoisotopic (exact) mass is 435 g/mol. The summed E-state index contributed by atoms with van der Waals surface area (Å²) >= 11 is 0. The first-order valence-electron chi connectivity index (χ1n) is 10.9. The van der Waals surface area contributed by atoms with Crippen molar-refractivity contribution in [2.24, 2.45) is 5.92 Å². The van der Waals surface area contributed by atoms with Gasteiger partial charge in [0, 0.05) is 24.1 Å². The van der Waals surface area contributed by atoms with Gasteiger partial charge in [-0.15, -0.1) is 5.10 Å². The molecule has 3 rings (SSSR count). The average molecular weight is 436 g/mol. The number of unbranched alkanes of at least 4 members (excludes halogenated alkanes) is 1. The van der Waals surface area contributed by atoms with Crippen LogP contribution in [0.25, 0.3) is 22.5 Å². The van der Waals surface area contributed by atoms with Gasteiger partial charge in [-0.3, -0.25) is 9.59 Å². The van der Waals surface area contributed by atoms with Gasteiger partial charge in [0.25, 0.3) is 0 Å². The third kappa shape index (κ3) is 5.45. The van der Waals surface area contributed by atoms with Crippen LogP contribution in [0.5, 0.6) is 0 Å². The third-order valence-electron chi connectivity index (χ3n) is 5.42. The number of ketones is 1. The van der Waals surface area contributed by atoms with Crippen molar-refractivity contribution in [3.63, 3.8) is 0 Å². The Balaban J connectivity index is 2.00. The number of aromatic amines is 1. The smallest absolute Gasteiger partial charge is 0.320 e. The number of nitrogens with zero attached hydrogens (tertiary/aromatic N) is 3. The topological polar surface area (TPSA) is 121 Å². The lowest BCUT2D eigenvalue weighted by atomic mass is 9.90. The van der Waals surface area contributed by atoms with Crippen molar-refractivity contribution < 1.29 is 14.7 Å². The molecule has 1 atom stereocenters. The van der Waals surface area contributed by atoms with Crippen molar-refractivity contribution >= 4 is 11.8 Å². The largest absolute Gasteiger partial charge is 0.480 e. The SMILES string of the molecule is CCCCC(=O)c1cc(CN[C@H](C(=O)O)C(C)C)ccc1-c1ccccc1-c1nnn[nH]1. The van der Waals surface area contributed by atoms with Crippen LogP contribution >= 0.6 is 0 Å². The number of tetrazole rings is 1. The highest BCUT2D eigenvalue weighted by Crippen LogP contribution is 2.33. The number of carbonyl (C=O) groups excluding carboxylic acids is 1. The van der Waals surface area contributed by atoms with Crippen molar-refractivity contribution in [2.75, 3.05) is 0 Å². The van der Waals surface area contributed by atoms with Crippen LogP contribution in [0.2, 0.25) is 0 Å². The Morgan fingerprint density at radius 1 is 1.09 bits per heavy atom. The number of H-pyrrole nitrogens is 1. The van der Waals surface area contributed by atoms with Gasteiger partial charge in [0.2, 0.25) is 0 Å². The van der Waals surface area contributed by atoms with E-state index < -0.39 is 12.0 Å². The van der Waals surface area contributed by atoms with Gasteiger partial charge in [-0.05, 0) is 45.5 Å². The molecule has 0 saturated carbocycles. The van der Waals surface area contributed by atoms with Crippen LogP contribution in [0.4, 0.5) is 0 Å². The summed E-state index contributed by atoms with van der Waals surface area (Å²) in [6.45, 7) is 6.14. The molecule has 0 aliphatic rings. The van der Waals surface area contributed by atoms with Gasteiger partial charge in [0.1, 0.15) is 6.04 Å². The van der Waals surface area contributed by atoms with Crippen LogP contribution in [-0.2, 0) is 11.3 Å². The quantitative estimate of drug-likeness (QED) is 0.388. The first-order valence-corrected chi connectivity index (χ1v) is 10.9. The van der Waals surface area contributed by atoms with E-state index in [9.17, 15) is 14.7 Å². The second kappa shape index (κ2) is 10.8. The van der Waals surface area contributed by atoms with Gasteiger partial charge in [0.15, 0.2) is 11.6 Å². The first-order chi connectivity index (χ1) is 15.4. The van der Waals surface area contributed by atoms with Crippen molar-refractivity contribution in [3.8, 4) is 22.5 Å². The Bertz CT molecular complexity index is 1060. The Morgan fingerprint density at radius 2 is 1.84 bits per heavy atom. The first kappa shape index (κ1) is 23.3. The number of hydrogen-bond donors (Lipinski definition) is 3. The number of Topliss-reactive ketones (excluding diaryl/α,β-unsaturated/α-hetero) is 1. The summed E-state index contributed by atoms with van der Waals surface area (Å²) in [4.78, 5) is 24.6. The second-order valence-electron chi connectivity index (χ2n) is 8.14. The van der Waals surface area contributed by atoms with Crippen LogP contribution in [0.15, 0.2) is 42.5 Å². The molecule has 0 aliphatic heterocycles. The number of carboxylic acids is 1. The minimum atomic E-state index is -0.884. The molecule has 0 amide bonds. The molecule has 3 N–H and O–H groups in total. The molecule has 8 heteroatoms. The summed E-state index contributed by atoms with van der Waals surface area (Å²) in [5.74, 6) is -0.349. The minimum absolute atomic E-state index is 0.0557. The van der Waals surface area contributed by atoms with E-state index in [4.69, 9.17) is 0 Å². The molecule has 2 aromatic carbocycles. The zero-order chi connectivity index (χ0) is 23.1. The number of hydrogen-bond acceptors (Lipinski definition) is 6. The Morgan fingerprint density at radius 3 is 2.47 bits per heavy atom. The molecule has 168 valence electrons. The molecule has 3 aromatic rings. The fourth-order valence-electron chi connectivity index (χ4n) is 3.67. The van der Waals surface area contributed by atoms with Crippen molar-refractivity contribution in [3.05, 3.63) is 53.6 Å². The predicted octanol–water partition coefficient (Wildman–Crippen LogP) is 4.11. The number of benzene rings is 2. The summed E-state index contributed by atoms with van der Waals surface area (Å²) in [7, 11) is 0. The lowest BCUT2D eigenvalue weighted by Gasteiger charge is -2.19. The van der Waals surface area contributed by atoms with Gasteiger partial charge in [-0.1, -0.05) is 63.6 Å². The maximum absolute atomic E-state index is 13.1.